The normalized spacial score (nSPS) is 30.1. The molecular formula is C15H24N2O3. The molecule has 1 saturated heterocycles. The van der Waals surface area contributed by atoms with Crippen LogP contribution in [0.1, 0.15) is 51.4 Å². The Bertz CT molecular complexity index is 409. The fourth-order valence-corrected chi connectivity index (χ4v) is 4.23. The summed E-state index contributed by atoms with van der Waals surface area (Å²) in [7, 11) is 0. The molecule has 3 N–H and O–H groups in total. The van der Waals surface area contributed by atoms with Crippen molar-refractivity contribution < 1.29 is 14.7 Å². The highest BCUT2D eigenvalue weighted by Gasteiger charge is 2.58. The first-order valence-electron chi connectivity index (χ1n) is 7.80. The molecule has 0 radical (unpaired) electrons. The lowest BCUT2D eigenvalue weighted by Crippen LogP contribution is -2.49. The lowest BCUT2D eigenvalue weighted by Gasteiger charge is -2.30. The van der Waals surface area contributed by atoms with Crippen molar-refractivity contribution in [1.82, 2.24) is 10.6 Å². The Morgan fingerprint density at radius 2 is 1.80 bits per heavy atom. The molecule has 2 saturated carbocycles. The van der Waals surface area contributed by atoms with Crippen LogP contribution in [0.25, 0.3) is 0 Å². The summed E-state index contributed by atoms with van der Waals surface area (Å²) < 4.78 is 0. The molecule has 0 bridgehead atoms. The van der Waals surface area contributed by atoms with E-state index in [1.165, 1.54) is 0 Å². The summed E-state index contributed by atoms with van der Waals surface area (Å²) in [6, 6.07) is 0. The fraction of sp³-hybridized carbons (Fsp3) is 0.867. The second kappa shape index (κ2) is 5.02. The number of nitrogens with one attached hydrogen (secondary N) is 2. The minimum absolute atomic E-state index is 0.0695. The molecule has 1 heterocycles. The zero-order valence-corrected chi connectivity index (χ0v) is 11.9. The number of carbonyl (C=O) groups excluding carboxylic acids is 1. The van der Waals surface area contributed by atoms with Crippen molar-refractivity contribution in [1.29, 1.82) is 0 Å². The molecule has 1 amide bonds. The van der Waals surface area contributed by atoms with E-state index in [2.05, 4.69) is 10.6 Å². The van der Waals surface area contributed by atoms with E-state index in [1.807, 2.05) is 0 Å². The quantitative estimate of drug-likeness (QED) is 0.725. The van der Waals surface area contributed by atoms with Crippen molar-refractivity contribution in [3.8, 4) is 0 Å². The number of carboxylic acid groups (broad SMARTS) is 1. The van der Waals surface area contributed by atoms with Crippen molar-refractivity contribution in [3.63, 3.8) is 0 Å². The van der Waals surface area contributed by atoms with Crippen LogP contribution < -0.4 is 10.6 Å². The van der Waals surface area contributed by atoms with Crippen molar-refractivity contribution in [2.45, 2.75) is 56.9 Å². The number of hydrogen-bond donors (Lipinski definition) is 3. The Labute approximate surface area is 119 Å². The Hall–Kier alpha value is -1.10. The highest BCUT2D eigenvalue weighted by molar-refractivity contribution is 5.84. The van der Waals surface area contributed by atoms with Crippen LogP contribution in [0.3, 0.4) is 0 Å². The van der Waals surface area contributed by atoms with Gasteiger partial charge in [0.1, 0.15) is 0 Å². The molecule has 0 aromatic heterocycles. The molecule has 1 spiro atoms. The second-order valence-electron chi connectivity index (χ2n) is 6.92. The Morgan fingerprint density at radius 1 is 1.15 bits per heavy atom. The van der Waals surface area contributed by atoms with E-state index >= 15 is 0 Å². The van der Waals surface area contributed by atoms with E-state index in [9.17, 15) is 9.59 Å². The van der Waals surface area contributed by atoms with Crippen molar-refractivity contribution >= 4 is 11.9 Å². The first-order chi connectivity index (χ1) is 9.55. The molecule has 2 aliphatic carbocycles. The number of rotatable bonds is 4. The zero-order valence-electron chi connectivity index (χ0n) is 11.9. The number of amides is 1. The van der Waals surface area contributed by atoms with Crippen LogP contribution in [0.15, 0.2) is 0 Å². The maximum atomic E-state index is 12.5. The van der Waals surface area contributed by atoms with Crippen molar-refractivity contribution in [3.05, 3.63) is 0 Å². The van der Waals surface area contributed by atoms with Gasteiger partial charge in [0.05, 0.1) is 12.0 Å². The Balaban J connectivity index is 1.62. The van der Waals surface area contributed by atoms with E-state index in [-0.39, 0.29) is 23.7 Å². The van der Waals surface area contributed by atoms with Gasteiger partial charge in [-0.2, -0.15) is 0 Å². The molecule has 1 aliphatic heterocycles. The minimum atomic E-state index is -0.806. The molecule has 0 aromatic carbocycles. The van der Waals surface area contributed by atoms with E-state index in [4.69, 9.17) is 5.11 Å². The third-order valence-electron chi connectivity index (χ3n) is 5.54. The van der Waals surface area contributed by atoms with Crippen LogP contribution in [0.5, 0.6) is 0 Å². The zero-order chi connectivity index (χ0) is 14.2. The van der Waals surface area contributed by atoms with Crippen LogP contribution in [-0.4, -0.2) is 35.6 Å². The average Bonchev–Trinajstić information content (AvgIpc) is 2.89. The second-order valence-corrected chi connectivity index (χ2v) is 6.92. The molecule has 5 heteroatoms. The van der Waals surface area contributed by atoms with Gasteiger partial charge in [0, 0.05) is 5.92 Å². The van der Waals surface area contributed by atoms with Crippen LogP contribution in [0.4, 0.5) is 0 Å². The SMILES string of the molecule is O=C(O)CC1(NC(=O)C2CC23CCNCC3)CCCC1. The van der Waals surface area contributed by atoms with Crippen molar-refractivity contribution in [2.24, 2.45) is 11.3 Å². The van der Waals surface area contributed by atoms with Gasteiger partial charge < -0.3 is 15.7 Å². The summed E-state index contributed by atoms with van der Waals surface area (Å²) in [6.07, 6.45) is 6.89. The van der Waals surface area contributed by atoms with Crippen LogP contribution in [0, 0.1) is 11.3 Å². The molecule has 5 nitrogen and oxygen atoms in total. The van der Waals surface area contributed by atoms with E-state index in [1.54, 1.807) is 0 Å². The summed E-state index contributed by atoms with van der Waals surface area (Å²) in [4.78, 5) is 23.6. The van der Waals surface area contributed by atoms with E-state index in [0.717, 1.165) is 58.0 Å². The number of carboxylic acids is 1. The standard InChI is InChI=1S/C15H24N2O3/c18-12(19)10-15(3-1-2-4-15)17-13(20)11-9-14(11)5-7-16-8-6-14/h11,16H,1-10H2,(H,17,20)(H,18,19). The smallest absolute Gasteiger partial charge is 0.305 e. The van der Waals surface area contributed by atoms with Gasteiger partial charge in [-0.3, -0.25) is 9.59 Å². The Morgan fingerprint density at radius 3 is 2.40 bits per heavy atom. The molecule has 3 aliphatic rings. The predicted molar refractivity (Wildman–Crippen MR) is 74.2 cm³/mol. The largest absolute Gasteiger partial charge is 0.481 e. The fourth-order valence-electron chi connectivity index (χ4n) is 4.23. The first kappa shape index (κ1) is 13.9. The maximum Gasteiger partial charge on any atom is 0.305 e. The van der Waals surface area contributed by atoms with Gasteiger partial charge in [-0.15, -0.1) is 0 Å². The monoisotopic (exact) mass is 280 g/mol. The van der Waals surface area contributed by atoms with Gasteiger partial charge in [0.25, 0.3) is 0 Å². The molecule has 1 atom stereocenters. The van der Waals surface area contributed by atoms with Crippen LogP contribution in [-0.2, 0) is 9.59 Å². The summed E-state index contributed by atoms with van der Waals surface area (Å²) in [5.41, 5.74) is -0.252. The van der Waals surface area contributed by atoms with Gasteiger partial charge >= 0.3 is 5.97 Å². The van der Waals surface area contributed by atoms with E-state index in [0.29, 0.717) is 0 Å². The molecule has 3 fully saturated rings. The van der Waals surface area contributed by atoms with Gasteiger partial charge in [-0.1, -0.05) is 12.8 Å². The molecule has 3 rings (SSSR count). The topological polar surface area (TPSA) is 78.4 Å². The highest BCUT2D eigenvalue weighted by atomic mass is 16.4. The molecule has 1 unspecified atom stereocenters. The van der Waals surface area contributed by atoms with Crippen LogP contribution >= 0.6 is 0 Å². The first-order valence-corrected chi connectivity index (χ1v) is 7.80. The summed E-state index contributed by atoms with van der Waals surface area (Å²) >= 11 is 0. The lowest BCUT2D eigenvalue weighted by molar-refractivity contribution is -0.139. The predicted octanol–water partition coefficient (Wildman–Crippen LogP) is 1.28. The number of carbonyl (C=O) groups is 2. The van der Waals surface area contributed by atoms with Gasteiger partial charge in [0.2, 0.25) is 5.91 Å². The third kappa shape index (κ3) is 2.55. The third-order valence-corrected chi connectivity index (χ3v) is 5.54. The molecular weight excluding hydrogens is 256 g/mol. The lowest BCUT2D eigenvalue weighted by atomic mass is 9.90. The maximum absolute atomic E-state index is 12.5. The summed E-state index contributed by atoms with van der Waals surface area (Å²) in [6.45, 7) is 2.01. The average molecular weight is 280 g/mol. The van der Waals surface area contributed by atoms with Crippen molar-refractivity contribution in [2.75, 3.05) is 13.1 Å². The highest BCUT2D eigenvalue weighted by Crippen LogP contribution is 2.58. The van der Waals surface area contributed by atoms with Gasteiger partial charge in [-0.05, 0) is 50.6 Å². The van der Waals surface area contributed by atoms with Crippen LogP contribution in [0.2, 0.25) is 0 Å². The Kier molecular flexibility index (Phi) is 3.48. The number of piperidine rings is 1. The number of aliphatic carboxylic acids is 1. The van der Waals surface area contributed by atoms with Gasteiger partial charge in [0.15, 0.2) is 0 Å². The summed E-state index contributed by atoms with van der Waals surface area (Å²) in [5.74, 6) is -0.578. The van der Waals surface area contributed by atoms with E-state index < -0.39 is 11.5 Å². The van der Waals surface area contributed by atoms with Gasteiger partial charge in [-0.25, -0.2) is 0 Å². The summed E-state index contributed by atoms with van der Waals surface area (Å²) in [5, 5.41) is 15.5. The molecule has 20 heavy (non-hydrogen) atoms. The minimum Gasteiger partial charge on any atom is -0.481 e. The number of hydrogen-bond acceptors (Lipinski definition) is 3. The molecule has 0 aromatic rings. The molecule has 112 valence electrons.